The molecular weight excluding hydrogens is 287 g/mol. The van der Waals surface area contributed by atoms with E-state index in [0.717, 1.165) is 5.92 Å². The Morgan fingerprint density at radius 3 is 2.71 bits per heavy atom. The summed E-state index contributed by atoms with van der Waals surface area (Å²) in [5.41, 5.74) is 2.59. The lowest BCUT2D eigenvalue weighted by atomic mass is 9.98. The highest BCUT2D eigenvalue weighted by atomic mass is 127. The molecule has 0 aromatic heterocycles. The molecule has 1 aromatic carbocycles. The Hall–Kier alpha value is -0.0900. The quantitative estimate of drug-likeness (QED) is 0.851. The van der Waals surface area contributed by atoms with Gasteiger partial charge in [-0.3, -0.25) is 0 Å². The summed E-state index contributed by atoms with van der Waals surface area (Å²) in [6.07, 6.45) is 2.64. The first kappa shape index (κ1) is 10.4. The average molecular weight is 301 g/mol. The molecule has 0 aliphatic heterocycles. The summed E-state index contributed by atoms with van der Waals surface area (Å²) >= 11 is 2.33. The predicted molar refractivity (Wildman–Crippen MR) is 66.3 cm³/mol. The Bertz CT molecular complexity index is 331. The van der Waals surface area contributed by atoms with Crippen molar-refractivity contribution in [2.45, 2.75) is 24.7 Å². The van der Waals surface area contributed by atoms with Gasteiger partial charge in [0.05, 0.1) is 0 Å². The molecule has 1 unspecified atom stereocenters. The van der Waals surface area contributed by atoms with Crippen LogP contribution in [0.25, 0.3) is 0 Å². The average Bonchev–Trinajstić information content (AvgIpc) is 2.98. The Balaban J connectivity index is 2.30. The van der Waals surface area contributed by atoms with E-state index >= 15 is 0 Å². The monoisotopic (exact) mass is 301 g/mol. The van der Waals surface area contributed by atoms with Crippen LogP contribution in [0, 0.1) is 10.5 Å². The molecule has 2 rings (SSSR count). The van der Waals surface area contributed by atoms with E-state index in [9.17, 15) is 0 Å². The van der Waals surface area contributed by atoms with Crippen LogP contribution in [0.15, 0.2) is 18.2 Å². The minimum atomic E-state index is 0.0159. The summed E-state index contributed by atoms with van der Waals surface area (Å²) in [6, 6.07) is 6.56. The Morgan fingerprint density at radius 1 is 1.43 bits per heavy atom. The third-order valence-electron chi connectivity index (χ3n) is 2.68. The maximum absolute atomic E-state index is 9.06. The second-order valence-corrected chi connectivity index (χ2v) is 5.22. The molecule has 1 aliphatic carbocycles. The molecule has 1 atom stereocenters. The van der Waals surface area contributed by atoms with Crippen molar-refractivity contribution in [3.63, 3.8) is 0 Å². The largest absolute Gasteiger partial charge is 0.396 e. The number of hydrogen-bond acceptors (Lipinski definition) is 1. The first-order valence-corrected chi connectivity index (χ1v) is 6.03. The van der Waals surface area contributed by atoms with E-state index in [1.807, 2.05) is 0 Å². The van der Waals surface area contributed by atoms with Crippen molar-refractivity contribution in [3.8, 4) is 0 Å². The standard InChI is InChI=1S/C12H14IO/c1-8(7-14)10-4-11(9-2-3-9)6-12(13)5-10/h4-6,8-9,14H,1-3,7H2. The highest BCUT2D eigenvalue weighted by Gasteiger charge is 2.24. The third kappa shape index (κ3) is 2.28. The molecule has 1 saturated carbocycles. The fourth-order valence-corrected chi connectivity index (χ4v) is 2.35. The molecule has 0 saturated heterocycles. The first-order chi connectivity index (χ1) is 6.70. The zero-order chi connectivity index (χ0) is 10.1. The van der Waals surface area contributed by atoms with Crippen LogP contribution in [0.5, 0.6) is 0 Å². The molecule has 0 heterocycles. The summed E-state index contributed by atoms with van der Waals surface area (Å²) in [7, 11) is 0. The highest BCUT2D eigenvalue weighted by molar-refractivity contribution is 14.1. The summed E-state index contributed by atoms with van der Waals surface area (Å²) in [5, 5.41) is 9.06. The topological polar surface area (TPSA) is 20.2 Å². The maximum atomic E-state index is 9.06. The fraction of sp³-hybridized carbons (Fsp3) is 0.417. The first-order valence-electron chi connectivity index (χ1n) is 4.95. The molecule has 1 fully saturated rings. The van der Waals surface area contributed by atoms with Crippen molar-refractivity contribution in [3.05, 3.63) is 39.8 Å². The van der Waals surface area contributed by atoms with Crippen molar-refractivity contribution >= 4 is 22.6 Å². The minimum absolute atomic E-state index is 0.0159. The van der Waals surface area contributed by atoms with Crippen molar-refractivity contribution in [1.29, 1.82) is 0 Å². The predicted octanol–water partition coefficient (Wildman–Crippen LogP) is 3.08. The highest BCUT2D eigenvalue weighted by Crippen LogP contribution is 2.41. The SMILES string of the molecule is [CH2]C(CO)c1cc(I)cc(C2CC2)c1. The lowest BCUT2D eigenvalue weighted by Crippen LogP contribution is -2.00. The summed E-state index contributed by atoms with van der Waals surface area (Å²) in [5.74, 6) is 0.788. The van der Waals surface area contributed by atoms with Gasteiger partial charge in [0.25, 0.3) is 0 Å². The van der Waals surface area contributed by atoms with Gasteiger partial charge in [0.15, 0.2) is 0 Å². The zero-order valence-electron chi connectivity index (χ0n) is 8.04. The molecule has 0 amide bonds. The number of hydrogen-bond donors (Lipinski definition) is 1. The molecule has 75 valence electrons. The molecular formula is C12H14IO. The number of aliphatic hydroxyl groups excluding tert-OH is 1. The van der Waals surface area contributed by atoms with E-state index < -0.39 is 0 Å². The van der Waals surface area contributed by atoms with Gasteiger partial charge in [0.1, 0.15) is 0 Å². The maximum Gasteiger partial charge on any atom is 0.0499 e. The molecule has 1 radical (unpaired) electrons. The van der Waals surface area contributed by atoms with Crippen molar-refractivity contribution in [2.24, 2.45) is 0 Å². The van der Waals surface area contributed by atoms with Crippen molar-refractivity contribution in [1.82, 2.24) is 0 Å². The van der Waals surface area contributed by atoms with Crippen LogP contribution in [0.4, 0.5) is 0 Å². The molecule has 0 spiro atoms. The van der Waals surface area contributed by atoms with Crippen LogP contribution in [-0.4, -0.2) is 11.7 Å². The number of benzene rings is 1. The van der Waals surface area contributed by atoms with Gasteiger partial charge < -0.3 is 5.11 Å². The lowest BCUT2D eigenvalue weighted by molar-refractivity contribution is 0.282. The fourth-order valence-electron chi connectivity index (χ4n) is 1.63. The van der Waals surface area contributed by atoms with E-state index in [-0.39, 0.29) is 12.5 Å². The second-order valence-electron chi connectivity index (χ2n) is 3.97. The van der Waals surface area contributed by atoms with Gasteiger partial charge in [-0.25, -0.2) is 0 Å². The van der Waals surface area contributed by atoms with E-state index in [2.05, 4.69) is 47.7 Å². The Labute approximate surface area is 98.7 Å². The van der Waals surface area contributed by atoms with Crippen LogP contribution in [0.2, 0.25) is 0 Å². The number of aliphatic hydroxyl groups is 1. The van der Waals surface area contributed by atoms with E-state index in [1.54, 1.807) is 0 Å². The molecule has 2 heteroatoms. The summed E-state index contributed by atoms with van der Waals surface area (Å²) < 4.78 is 1.25. The van der Waals surface area contributed by atoms with Crippen LogP contribution >= 0.6 is 22.6 Å². The molecule has 1 nitrogen and oxygen atoms in total. The third-order valence-corrected chi connectivity index (χ3v) is 3.31. The number of halogens is 1. The van der Waals surface area contributed by atoms with Crippen LogP contribution in [0.1, 0.15) is 35.8 Å². The van der Waals surface area contributed by atoms with Gasteiger partial charge in [-0.15, -0.1) is 0 Å². The lowest BCUT2D eigenvalue weighted by Gasteiger charge is -2.11. The molecule has 0 bridgehead atoms. The minimum Gasteiger partial charge on any atom is -0.396 e. The van der Waals surface area contributed by atoms with Crippen LogP contribution < -0.4 is 0 Å². The van der Waals surface area contributed by atoms with Gasteiger partial charge in [-0.1, -0.05) is 6.07 Å². The second kappa shape index (κ2) is 4.19. The van der Waals surface area contributed by atoms with Gasteiger partial charge >= 0.3 is 0 Å². The van der Waals surface area contributed by atoms with Crippen molar-refractivity contribution < 1.29 is 5.11 Å². The smallest absolute Gasteiger partial charge is 0.0499 e. The van der Waals surface area contributed by atoms with E-state index in [1.165, 1.54) is 27.5 Å². The molecule has 1 aromatic rings. The number of rotatable bonds is 3. The molecule has 14 heavy (non-hydrogen) atoms. The van der Waals surface area contributed by atoms with Gasteiger partial charge in [0, 0.05) is 16.1 Å². The zero-order valence-corrected chi connectivity index (χ0v) is 10.2. The normalized spacial score (nSPS) is 18.2. The molecule has 1 N–H and O–H groups in total. The van der Waals surface area contributed by atoms with Gasteiger partial charge in [-0.05, 0) is 71.5 Å². The molecule has 1 aliphatic rings. The van der Waals surface area contributed by atoms with E-state index in [0.29, 0.717) is 0 Å². The van der Waals surface area contributed by atoms with Gasteiger partial charge in [-0.2, -0.15) is 0 Å². The Kier molecular flexibility index (Phi) is 3.12. The van der Waals surface area contributed by atoms with Gasteiger partial charge in [0.2, 0.25) is 0 Å². The summed E-state index contributed by atoms with van der Waals surface area (Å²) in [6.45, 7) is 4.06. The Morgan fingerprint density at radius 2 is 2.14 bits per heavy atom. The van der Waals surface area contributed by atoms with E-state index in [4.69, 9.17) is 5.11 Å². The van der Waals surface area contributed by atoms with Crippen LogP contribution in [-0.2, 0) is 0 Å². The van der Waals surface area contributed by atoms with Crippen LogP contribution in [0.3, 0.4) is 0 Å². The van der Waals surface area contributed by atoms with Crippen molar-refractivity contribution in [2.75, 3.05) is 6.61 Å². The summed E-state index contributed by atoms with van der Waals surface area (Å²) in [4.78, 5) is 0.